The van der Waals surface area contributed by atoms with Crippen molar-refractivity contribution in [2.45, 2.75) is 39.5 Å². The summed E-state index contributed by atoms with van der Waals surface area (Å²) in [6.07, 6.45) is 2.09. The van der Waals surface area contributed by atoms with Crippen LogP contribution in [0.2, 0.25) is 5.02 Å². The molecule has 3 heteroatoms. The largest absolute Gasteiger partial charge is 0.491 e. The van der Waals surface area contributed by atoms with Gasteiger partial charge in [0.05, 0.1) is 6.61 Å². The van der Waals surface area contributed by atoms with Crippen LogP contribution >= 0.6 is 11.6 Å². The highest BCUT2D eigenvalue weighted by Gasteiger charge is 2.15. The van der Waals surface area contributed by atoms with Crippen molar-refractivity contribution in [3.63, 3.8) is 0 Å². The van der Waals surface area contributed by atoms with Gasteiger partial charge in [-0.05, 0) is 66.6 Å². The summed E-state index contributed by atoms with van der Waals surface area (Å²) in [6, 6.07) is 11.0. The van der Waals surface area contributed by atoms with Crippen molar-refractivity contribution in [2.24, 2.45) is 0 Å². The molecule has 0 atom stereocenters. The van der Waals surface area contributed by atoms with Crippen molar-refractivity contribution in [1.29, 1.82) is 0 Å². The molecule has 0 aliphatic rings. The maximum atomic E-state index is 14.2. The first kappa shape index (κ1) is 16.8. The van der Waals surface area contributed by atoms with Crippen molar-refractivity contribution in [3.05, 3.63) is 52.8 Å². The van der Waals surface area contributed by atoms with Crippen LogP contribution in [0.15, 0.2) is 36.4 Å². The van der Waals surface area contributed by atoms with Crippen molar-refractivity contribution in [3.8, 4) is 16.9 Å². The Labute approximate surface area is 137 Å². The lowest BCUT2D eigenvalue weighted by Gasteiger charge is -2.18. The van der Waals surface area contributed by atoms with Gasteiger partial charge in [0, 0.05) is 5.02 Å². The highest BCUT2D eigenvalue weighted by Crippen LogP contribution is 2.36. The van der Waals surface area contributed by atoms with Crippen molar-refractivity contribution >= 4 is 11.6 Å². The van der Waals surface area contributed by atoms with Crippen molar-refractivity contribution in [2.75, 3.05) is 6.61 Å². The van der Waals surface area contributed by atoms with E-state index in [1.54, 1.807) is 6.07 Å². The number of rotatable bonds is 6. The van der Waals surface area contributed by atoms with Gasteiger partial charge in [0.1, 0.15) is 0 Å². The average molecular weight is 321 g/mol. The second kappa shape index (κ2) is 7.64. The number of benzene rings is 2. The molecule has 2 rings (SSSR count). The van der Waals surface area contributed by atoms with E-state index in [4.69, 9.17) is 16.3 Å². The molecule has 0 aromatic heterocycles. The third kappa shape index (κ3) is 3.61. The number of hydrogen-bond donors (Lipinski definition) is 0. The molecule has 0 unspecified atom stereocenters. The predicted molar refractivity (Wildman–Crippen MR) is 91.3 cm³/mol. The zero-order valence-corrected chi connectivity index (χ0v) is 14.1. The van der Waals surface area contributed by atoms with E-state index in [0.29, 0.717) is 17.5 Å². The Morgan fingerprint density at radius 3 is 2.36 bits per heavy atom. The lowest BCUT2D eigenvalue weighted by atomic mass is 9.87. The van der Waals surface area contributed by atoms with E-state index in [0.717, 1.165) is 24.0 Å². The quantitative estimate of drug-likeness (QED) is 0.594. The second-order valence-electron chi connectivity index (χ2n) is 5.32. The summed E-state index contributed by atoms with van der Waals surface area (Å²) in [6.45, 7) is 6.64. The summed E-state index contributed by atoms with van der Waals surface area (Å²) < 4.78 is 19.4. The molecule has 2 aromatic carbocycles. The molecule has 0 radical (unpaired) electrons. The SMILES string of the molecule is CCOc1ccc(-c2cc(Cl)ccc2C(CC)CC)cc1F. The molecule has 0 aliphatic heterocycles. The van der Waals surface area contributed by atoms with Gasteiger partial charge in [-0.1, -0.05) is 37.6 Å². The van der Waals surface area contributed by atoms with Gasteiger partial charge >= 0.3 is 0 Å². The van der Waals surface area contributed by atoms with Gasteiger partial charge in [-0.3, -0.25) is 0 Å². The van der Waals surface area contributed by atoms with Crippen LogP contribution in [0.1, 0.15) is 45.1 Å². The Bertz CT molecular complexity index is 635. The van der Waals surface area contributed by atoms with Crippen LogP contribution in [-0.2, 0) is 0 Å². The van der Waals surface area contributed by atoms with E-state index in [9.17, 15) is 4.39 Å². The maximum absolute atomic E-state index is 14.2. The molecular weight excluding hydrogens is 299 g/mol. The summed E-state index contributed by atoms with van der Waals surface area (Å²) in [5.41, 5.74) is 3.06. The summed E-state index contributed by atoms with van der Waals surface area (Å²) >= 11 is 6.16. The van der Waals surface area contributed by atoms with Gasteiger partial charge in [0.15, 0.2) is 11.6 Å². The minimum absolute atomic E-state index is 0.289. The molecule has 1 nitrogen and oxygen atoms in total. The second-order valence-corrected chi connectivity index (χ2v) is 5.76. The average Bonchev–Trinajstić information content (AvgIpc) is 2.52. The highest BCUT2D eigenvalue weighted by atomic mass is 35.5. The maximum Gasteiger partial charge on any atom is 0.165 e. The summed E-state index contributed by atoms with van der Waals surface area (Å²) in [7, 11) is 0. The fraction of sp³-hybridized carbons (Fsp3) is 0.368. The van der Waals surface area contributed by atoms with Gasteiger partial charge in [-0.2, -0.15) is 0 Å². The van der Waals surface area contributed by atoms with Crippen LogP contribution in [0.4, 0.5) is 4.39 Å². The third-order valence-electron chi connectivity index (χ3n) is 3.98. The highest BCUT2D eigenvalue weighted by molar-refractivity contribution is 6.30. The zero-order chi connectivity index (χ0) is 16.1. The number of halogens is 2. The minimum atomic E-state index is -0.338. The first-order valence-electron chi connectivity index (χ1n) is 7.82. The molecule has 2 aromatic rings. The van der Waals surface area contributed by atoms with Gasteiger partial charge in [0.25, 0.3) is 0 Å². The first-order chi connectivity index (χ1) is 10.6. The fourth-order valence-electron chi connectivity index (χ4n) is 2.80. The Hall–Kier alpha value is -1.54. The molecule has 118 valence electrons. The molecule has 22 heavy (non-hydrogen) atoms. The molecule has 0 amide bonds. The summed E-state index contributed by atoms with van der Waals surface area (Å²) in [4.78, 5) is 0. The van der Waals surface area contributed by atoms with Crippen molar-refractivity contribution < 1.29 is 9.13 Å². The smallest absolute Gasteiger partial charge is 0.165 e. The van der Waals surface area contributed by atoms with E-state index in [1.807, 2.05) is 25.1 Å². The van der Waals surface area contributed by atoms with Crippen LogP contribution in [0.3, 0.4) is 0 Å². The minimum Gasteiger partial charge on any atom is -0.491 e. The predicted octanol–water partition coefficient (Wildman–Crippen LogP) is 6.45. The van der Waals surface area contributed by atoms with E-state index >= 15 is 0 Å². The summed E-state index contributed by atoms with van der Waals surface area (Å²) in [5.74, 6) is 0.397. The zero-order valence-electron chi connectivity index (χ0n) is 13.3. The van der Waals surface area contributed by atoms with Crippen LogP contribution in [0.25, 0.3) is 11.1 Å². The first-order valence-corrected chi connectivity index (χ1v) is 8.20. The molecule has 0 saturated carbocycles. The number of ether oxygens (including phenoxy) is 1. The van der Waals surface area contributed by atoms with E-state index in [-0.39, 0.29) is 11.6 Å². The van der Waals surface area contributed by atoms with Crippen LogP contribution in [-0.4, -0.2) is 6.61 Å². The van der Waals surface area contributed by atoms with Gasteiger partial charge < -0.3 is 4.74 Å². The summed E-state index contributed by atoms with van der Waals surface area (Å²) in [5, 5.41) is 0.666. The molecule has 0 spiro atoms. The van der Waals surface area contributed by atoms with E-state index in [2.05, 4.69) is 19.9 Å². The fourth-order valence-corrected chi connectivity index (χ4v) is 2.98. The number of hydrogen-bond acceptors (Lipinski definition) is 1. The normalized spacial score (nSPS) is 11.0. The monoisotopic (exact) mass is 320 g/mol. The van der Waals surface area contributed by atoms with Gasteiger partial charge in [-0.15, -0.1) is 0 Å². The van der Waals surface area contributed by atoms with E-state index < -0.39 is 0 Å². The van der Waals surface area contributed by atoms with Gasteiger partial charge in [0.2, 0.25) is 0 Å². The van der Waals surface area contributed by atoms with Crippen LogP contribution in [0.5, 0.6) is 5.75 Å². The molecule has 0 aliphatic carbocycles. The van der Waals surface area contributed by atoms with E-state index in [1.165, 1.54) is 11.6 Å². The molecular formula is C19H22ClFO. The van der Waals surface area contributed by atoms with Gasteiger partial charge in [-0.25, -0.2) is 4.39 Å². The third-order valence-corrected chi connectivity index (χ3v) is 4.22. The lowest BCUT2D eigenvalue weighted by Crippen LogP contribution is -1.99. The Kier molecular flexibility index (Phi) is 5.84. The molecule has 0 bridgehead atoms. The lowest BCUT2D eigenvalue weighted by molar-refractivity contribution is 0.321. The van der Waals surface area contributed by atoms with Crippen LogP contribution < -0.4 is 4.74 Å². The Morgan fingerprint density at radius 1 is 1.05 bits per heavy atom. The topological polar surface area (TPSA) is 9.23 Å². The molecule has 0 fully saturated rings. The van der Waals surface area contributed by atoms with Crippen LogP contribution in [0, 0.1) is 5.82 Å². The molecule has 0 N–H and O–H groups in total. The molecule has 0 heterocycles. The Balaban J connectivity index is 2.51. The molecule has 0 saturated heterocycles. The Morgan fingerprint density at radius 2 is 1.77 bits per heavy atom. The van der Waals surface area contributed by atoms with Crippen molar-refractivity contribution in [1.82, 2.24) is 0 Å². The standard InChI is InChI=1S/C19H22ClFO/c1-4-13(5-2)16-9-8-15(20)12-17(16)14-7-10-19(22-6-3)18(21)11-14/h7-13H,4-6H2,1-3H3.